The number of amides is 2. The summed E-state index contributed by atoms with van der Waals surface area (Å²) >= 11 is 0. The number of H-pyrrole nitrogens is 2. The predicted molar refractivity (Wildman–Crippen MR) is 310 cm³/mol. The van der Waals surface area contributed by atoms with Gasteiger partial charge in [0.05, 0.1) is 0 Å². The van der Waals surface area contributed by atoms with Gasteiger partial charge >= 0.3 is 0 Å². The first kappa shape index (κ1) is 52.7. The van der Waals surface area contributed by atoms with E-state index in [9.17, 15) is 18.4 Å². The van der Waals surface area contributed by atoms with Crippen molar-refractivity contribution in [3.63, 3.8) is 0 Å². The van der Waals surface area contributed by atoms with Crippen molar-refractivity contribution in [3.05, 3.63) is 287 Å². The van der Waals surface area contributed by atoms with Crippen molar-refractivity contribution < 1.29 is 28.0 Å². The van der Waals surface area contributed by atoms with Gasteiger partial charge in [0, 0.05) is 105 Å². The van der Waals surface area contributed by atoms with Crippen molar-refractivity contribution in [1.29, 1.82) is 0 Å². The molecular formula is C64H54F2N6O4S2. The summed E-state index contributed by atoms with van der Waals surface area (Å²) in [4.78, 5) is 48.6. The number of rotatable bonds is 23. The van der Waals surface area contributed by atoms with E-state index < -0.39 is 34.7 Å². The average molecular weight is 1070 g/mol. The van der Waals surface area contributed by atoms with E-state index in [1.807, 2.05) is 182 Å². The molecule has 10 nitrogen and oxygen atoms in total. The lowest BCUT2D eigenvalue weighted by Gasteiger charge is -2.33. The molecule has 4 N–H and O–H groups in total. The molecule has 2 heterocycles. The number of hydrogen-bond acceptors (Lipinski definition) is 8. The second-order valence-corrected chi connectivity index (χ2v) is 21.0. The van der Waals surface area contributed by atoms with E-state index in [1.54, 1.807) is 24.5 Å². The van der Waals surface area contributed by atoms with Crippen LogP contribution in [0.5, 0.6) is 0 Å². The van der Waals surface area contributed by atoms with E-state index in [4.69, 9.17) is 20.0 Å². The third kappa shape index (κ3) is 11.8. The van der Waals surface area contributed by atoms with E-state index in [0.717, 1.165) is 44.4 Å². The van der Waals surface area contributed by atoms with E-state index in [1.165, 1.54) is 45.9 Å². The van der Waals surface area contributed by atoms with Crippen molar-refractivity contribution >= 4 is 66.6 Å². The Labute approximate surface area is 458 Å². The molecule has 0 unspecified atom stereocenters. The molecule has 0 aliphatic rings. The summed E-state index contributed by atoms with van der Waals surface area (Å²) in [6, 6.07) is 67.6. The van der Waals surface area contributed by atoms with Gasteiger partial charge in [-0.05, 0) is 47.5 Å². The summed E-state index contributed by atoms with van der Waals surface area (Å²) in [5, 5.41) is 16.8. The van der Waals surface area contributed by atoms with Crippen LogP contribution < -0.4 is 10.6 Å². The van der Waals surface area contributed by atoms with Crippen LogP contribution in [-0.2, 0) is 43.3 Å². The first-order chi connectivity index (χ1) is 38.3. The van der Waals surface area contributed by atoms with Gasteiger partial charge < -0.3 is 30.3 Å². The zero-order valence-corrected chi connectivity index (χ0v) is 43.9. The highest BCUT2D eigenvalue weighted by Gasteiger charge is 2.41. The third-order valence-corrected chi connectivity index (χ3v) is 15.8. The average Bonchev–Trinajstić information content (AvgIpc) is 4.13. The minimum Gasteiger partial charge on any atom is -0.374 e. The lowest BCUT2D eigenvalue weighted by atomic mass is 9.80. The molecule has 0 fully saturated rings. The van der Waals surface area contributed by atoms with Gasteiger partial charge in [-0.2, -0.15) is 0 Å². The summed E-state index contributed by atoms with van der Waals surface area (Å²) in [5.41, 5.74) is 5.37. The molecule has 0 aliphatic heterocycles. The van der Waals surface area contributed by atoms with Gasteiger partial charge in [0.15, 0.2) is 0 Å². The highest BCUT2D eigenvalue weighted by molar-refractivity contribution is 8.76. The second kappa shape index (κ2) is 25.0. The molecule has 0 saturated carbocycles. The molecule has 10 rings (SSSR count). The van der Waals surface area contributed by atoms with Crippen LogP contribution in [0.2, 0.25) is 0 Å². The maximum Gasteiger partial charge on any atom is 0.269 e. The maximum atomic E-state index is 14.6. The van der Waals surface area contributed by atoms with E-state index >= 15 is 0 Å². The molecule has 390 valence electrons. The number of oxime groups is 2. The van der Waals surface area contributed by atoms with Gasteiger partial charge in [-0.1, -0.05) is 214 Å². The molecule has 2 amide bonds. The Balaban J connectivity index is 0.839. The number of nitrogens with one attached hydrogen (secondary N) is 4. The Bertz CT molecular complexity index is 3220. The molecule has 2 aromatic heterocycles. The van der Waals surface area contributed by atoms with Crippen LogP contribution >= 0.6 is 21.6 Å². The van der Waals surface area contributed by atoms with E-state index in [-0.39, 0.29) is 37.4 Å². The number of aromatic amines is 2. The topological polar surface area (TPSA) is 133 Å². The van der Waals surface area contributed by atoms with Gasteiger partial charge in [0.1, 0.15) is 23.1 Å². The van der Waals surface area contributed by atoms with Crippen LogP contribution in [0.3, 0.4) is 0 Å². The zero-order valence-electron chi connectivity index (χ0n) is 42.3. The van der Waals surface area contributed by atoms with Crippen LogP contribution in [0.4, 0.5) is 8.78 Å². The van der Waals surface area contributed by atoms with Gasteiger partial charge in [0.25, 0.3) is 11.8 Å². The van der Waals surface area contributed by atoms with Gasteiger partial charge in [-0.15, -0.1) is 0 Å². The highest BCUT2D eigenvalue weighted by atomic mass is 33.1. The first-order valence-corrected chi connectivity index (χ1v) is 28.0. The monoisotopic (exact) mass is 1070 g/mol. The molecular weight excluding hydrogens is 1020 g/mol. The normalized spacial score (nSPS) is 12.1. The predicted octanol–water partition coefficient (Wildman–Crippen LogP) is 13.1. The number of fused-ring (bicyclic) bond motifs is 2. The number of carbonyl (C=O) groups excluding carboxylic acids is 2. The number of nitrogens with zero attached hydrogens (tertiary/aromatic N) is 2. The quantitative estimate of drug-likeness (QED) is 0.0166. The van der Waals surface area contributed by atoms with E-state index in [0.29, 0.717) is 33.4 Å². The standard InChI is InChI=1S/C64H54F2N6O4S2/c65-53-31-33-57-55(41-53)45(43-69-57)39-59(71-75-63(47-19-7-1-8-20-47,48-21-9-2-10-22-48)49-23-11-3-12-24-49)61(73)67-35-37-77-78-38-36-68-62(74)60(40-46-44-70-58-34-32-54(66)42-56(46)58)72-76-64(50-25-13-4-14-26-50,51-27-15-5-16-28-51)52-29-17-6-18-30-52/h1-34,41-44,69-70H,35-40H2,(H,67,73)(H,68,74)/b71-59+,72-60+. The summed E-state index contributed by atoms with van der Waals surface area (Å²) in [6.45, 7) is 0.577. The Morgan fingerprint density at radius 2 is 0.731 bits per heavy atom. The number of halogens is 2. The molecule has 0 atom stereocenters. The molecule has 0 bridgehead atoms. The van der Waals surface area contributed by atoms with E-state index in [2.05, 4.69) is 20.6 Å². The first-order valence-electron chi connectivity index (χ1n) is 25.5. The van der Waals surface area contributed by atoms with Crippen molar-refractivity contribution in [2.45, 2.75) is 24.0 Å². The van der Waals surface area contributed by atoms with Crippen molar-refractivity contribution in [1.82, 2.24) is 20.6 Å². The summed E-state index contributed by atoms with van der Waals surface area (Å²) in [5.74, 6) is -0.625. The largest absolute Gasteiger partial charge is 0.374 e. The lowest BCUT2D eigenvalue weighted by molar-refractivity contribution is -0.116. The van der Waals surface area contributed by atoms with Crippen molar-refractivity contribution in [3.8, 4) is 0 Å². The maximum absolute atomic E-state index is 14.6. The van der Waals surface area contributed by atoms with Crippen molar-refractivity contribution in [2.75, 3.05) is 24.6 Å². The van der Waals surface area contributed by atoms with Gasteiger partial charge in [-0.25, -0.2) is 8.78 Å². The fourth-order valence-electron chi connectivity index (χ4n) is 9.60. The summed E-state index contributed by atoms with van der Waals surface area (Å²) < 4.78 is 29.2. The number of hydrogen-bond donors (Lipinski definition) is 4. The van der Waals surface area contributed by atoms with Crippen LogP contribution in [0.1, 0.15) is 44.5 Å². The summed E-state index contributed by atoms with van der Waals surface area (Å²) in [7, 11) is 3.07. The van der Waals surface area contributed by atoms with Gasteiger partial charge in [-0.3, -0.25) is 9.59 Å². The Kier molecular flexibility index (Phi) is 16.9. The fourth-order valence-corrected chi connectivity index (χ4v) is 11.4. The molecule has 8 aromatic carbocycles. The summed E-state index contributed by atoms with van der Waals surface area (Å²) in [6.07, 6.45) is 3.61. The SMILES string of the molecule is O=C(NCCSSCCNC(=O)/C(Cc1c[nH]c2ccc(F)cc12)=N/OC(c1ccccc1)(c1ccccc1)c1ccccc1)/C(Cc1c[nH]c2ccc(F)cc12)=N/OC(c1ccccc1)(c1ccccc1)c1ccccc1. The molecule has 0 radical (unpaired) electrons. The Morgan fingerprint density at radius 3 is 1.03 bits per heavy atom. The molecule has 10 aromatic rings. The minimum atomic E-state index is -1.24. The lowest BCUT2D eigenvalue weighted by Crippen LogP contribution is -2.36. The second-order valence-electron chi connectivity index (χ2n) is 18.3. The number of aromatic nitrogens is 2. The Hall–Kier alpha value is -8.72. The zero-order chi connectivity index (χ0) is 53.6. The van der Waals surface area contributed by atoms with Crippen LogP contribution in [0, 0.1) is 11.6 Å². The highest BCUT2D eigenvalue weighted by Crippen LogP contribution is 2.42. The molecule has 0 spiro atoms. The minimum absolute atomic E-state index is 0.0462. The molecule has 78 heavy (non-hydrogen) atoms. The molecule has 0 aliphatic carbocycles. The van der Waals surface area contributed by atoms with Crippen LogP contribution in [0.25, 0.3) is 21.8 Å². The molecule has 0 saturated heterocycles. The number of benzene rings is 8. The fraction of sp³-hybridized carbons (Fsp3) is 0.125. The third-order valence-electron chi connectivity index (χ3n) is 13.4. The van der Waals surface area contributed by atoms with Crippen LogP contribution in [0.15, 0.2) is 241 Å². The van der Waals surface area contributed by atoms with Crippen molar-refractivity contribution in [2.24, 2.45) is 10.3 Å². The smallest absolute Gasteiger partial charge is 0.269 e. The number of carbonyl (C=O) groups is 2. The van der Waals surface area contributed by atoms with Gasteiger partial charge in [0.2, 0.25) is 11.2 Å². The molecule has 14 heteroatoms. The van der Waals surface area contributed by atoms with Crippen LogP contribution in [-0.4, -0.2) is 57.8 Å². The Morgan fingerprint density at radius 1 is 0.436 bits per heavy atom.